The smallest absolute Gasteiger partial charge is 0.224 e. The highest BCUT2D eigenvalue weighted by Gasteiger charge is 2.30. The monoisotopic (exact) mass is 389 g/mol. The third-order valence-electron chi connectivity index (χ3n) is 4.91. The van der Waals surface area contributed by atoms with E-state index in [2.05, 4.69) is 10.3 Å². The number of halogens is 1. The highest BCUT2D eigenvalue weighted by molar-refractivity contribution is 7.09. The summed E-state index contributed by atoms with van der Waals surface area (Å²) < 4.78 is 13.9. The van der Waals surface area contributed by atoms with Crippen LogP contribution in [0.5, 0.6) is 0 Å². The molecule has 144 valence electrons. The first-order chi connectivity index (χ1) is 13.0. The number of amides is 2. The van der Waals surface area contributed by atoms with Crippen LogP contribution in [0, 0.1) is 18.7 Å². The average Bonchev–Trinajstić information content (AvgIpc) is 3.07. The van der Waals surface area contributed by atoms with Gasteiger partial charge >= 0.3 is 0 Å². The predicted octanol–water partition coefficient (Wildman–Crippen LogP) is 3.08. The van der Waals surface area contributed by atoms with Crippen LogP contribution in [-0.4, -0.2) is 34.8 Å². The third-order valence-corrected chi connectivity index (χ3v) is 5.91. The number of hydrogen-bond donors (Lipinski definition) is 1. The van der Waals surface area contributed by atoms with E-state index in [-0.39, 0.29) is 30.1 Å². The molecular formula is C20H24FN3O2S. The van der Waals surface area contributed by atoms with Crippen LogP contribution < -0.4 is 5.32 Å². The number of rotatable bonds is 7. The molecule has 3 rings (SSSR count). The van der Waals surface area contributed by atoms with Gasteiger partial charge in [-0.25, -0.2) is 9.37 Å². The Morgan fingerprint density at radius 2 is 2.22 bits per heavy atom. The molecule has 27 heavy (non-hydrogen) atoms. The van der Waals surface area contributed by atoms with Gasteiger partial charge in [0.2, 0.25) is 11.8 Å². The van der Waals surface area contributed by atoms with E-state index in [0.717, 1.165) is 18.5 Å². The highest BCUT2D eigenvalue weighted by Crippen LogP contribution is 2.21. The second-order valence-corrected chi connectivity index (χ2v) is 7.80. The van der Waals surface area contributed by atoms with Gasteiger partial charge in [0.25, 0.3) is 0 Å². The van der Waals surface area contributed by atoms with Crippen molar-refractivity contribution in [2.75, 3.05) is 13.1 Å². The lowest BCUT2D eigenvalue weighted by molar-refractivity contribution is -0.138. The fourth-order valence-electron chi connectivity index (χ4n) is 3.28. The minimum Gasteiger partial charge on any atom is -0.356 e. The van der Waals surface area contributed by atoms with Crippen LogP contribution >= 0.6 is 11.3 Å². The summed E-state index contributed by atoms with van der Waals surface area (Å²) in [7, 11) is 0. The maximum atomic E-state index is 13.9. The highest BCUT2D eigenvalue weighted by atomic mass is 32.1. The Morgan fingerprint density at radius 1 is 1.41 bits per heavy atom. The molecule has 0 saturated carbocycles. The van der Waals surface area contributed by atoms with E-state index in [1.807, 2.05) is 12.4 Å². The largest absolute Gasteiger partial charge is 0.356 e. The predicted molar refractivity (Wildman–Crippen MR) is 103 cm³/mol. The van der Waals surface area contributed by atoms with Gasteiger partial charge in [0.1, 0.15) is 5.82 Å². The van der Waals surface area contributed by atoms with Gasteiger partial charge < -0.3 is 10.2 Å². The number of aromatic nitrogens is 1. The van der Waals surface area contributed by atoms with Crippen molar-refractivity contribution >= 4 is 23.2 Å². The van der Waals surface area contributed by atoms with E-state index in [0.29, 0.717) is 31.5 Å². The van der Waals surface area contributed by atoms with Crippen LogP contribution in [0.1, 0.15) is 35.4 Å². The normalized spacial score (nSPS) is 17.2. The standard InChI is InChI=1S/C20H24FN3O2S/c1-14-18(27-13-23-14)7-4-10-22-20(26)16-8-9-19(25)24(12-16)11-15-5-2-3-6-17(15)21/h2-3,5-6,13,16H,4,7-12H2,1H3,(H,22,26)/t16-/m0/s1. The van der Waals surface area contributed by atoms with Gasteiger partial charge in [0.05, 0.1) is 17.1 Å². The van der Waals surface area contributed by atoms with Crippen molar-refractivity contribution in [1.29, 1.82) is 0 Å². The lowest BCUT2D eigenvalue weighted by Gasteiger charge is -2.32. The van der Waals surface area contributed by atoms with Crippen molar-refractivity contribution in [3.8, 4) is 0 Å². The average molecular weight is 389 g/mol. The molecule has 0 unspecified atom stereocenters. The van der Waals surface area contributed by atoms with Gasteiger partial charge in [-0.15, -0.1) is 11.3 Å². The van der Waals surface area contributed by atoms with Gasteiger partial charge in [-0.3, -0.25) is 9.59 Å². The zero-order chi connectivity index (χ0) is 19.2. The van der Waals surface area contributed by atoms with E-state index < -0.39 is 0 Å². The minimum atomic E-state index is -0.324. The summed E-state index contributed by atoms with van der Waals surface area (Å²) in [6.07, 6.45) is 2.64. The Balaban J connectivity index is 1.48. The Bertz CT molecular complexity index is 808. The molecule has 1 aliphatic heterocycles. The number of hydrogen-bond acceptors (Lipinski definition) is 4. The SMILES string of the molecule is Cc1ncsc1CCCNC(=O)[C@H]1CCC(=O)N(Cc2ccccc2F)C1. The van der Waals surface area contributed by atoms with Gasteiger partial charge in [0, 0.05) is 36.5 Å². The molecule has 1 N–H and O–H groups in total. The minimum absolute atomic E-state index is 0.0250. The van der Waals surface area contributed by atoms with Crippen LogP contribution in [0.25, 0.3) is 0 Å². The first-order valence-electron chi connectivity index (χ1n) is 9.22. The number of aryl methyl sites for hydroxylation is 2. The molecule has 1 aromatic heterocycles. The molecular weight excluding hydrogens is 365 g/mol. The summed E-state index contributed by atoms with van der Waals surface area (Å²) in [6, 6.07) is 6.44. The number of thiazole rings is 1. The molecule has 2 heterocycles. The summed E-state index contributed by atoms with van der Waals surface area (Å²) in [5.74, 6) is -0.611. The Kier molecular flexibility index (Phi) is 6.55. The van der Waals surface area contributed by atoms with Crippen molar-refractivity contribution in [2.24, 2.45) is 5.92 Å². The van der Waals surface area contributed by atoms with Gasteiger partial charge in [-0.1, -0.05) is 18.2 Å². The number of likely N-dealkylation sites (tertiary alicyclic amines) is 1. The van der Waals surface area contributed by atoms with Gasteiger partial charge in [0.15, 0.2) is 0 Å². The molecule has 0 aliphatic carbocycles. The first kappa shape index (κ1) is 19.5. The molecule has 1 aromatic carbocycles. The maximum Gasteiger partial charge on any atom is 0.224 e. The molecule has 5 nitrogen and oxygen atoms in total. The Morgan fingerprint density at radius 3 is 2.96 bits per heavy atom. The number of benzene rings is 1. The Labute approximate surface area is 162 Å². The topological polar surface area (TPSA) is 62.3 Å². The number of nitrogens with zero attached hydrogens (tertiary/aromatic N) is 2. The van der Waals surface area contributed by atoms with E-state index >= 15 is 0 Å². The number of piperidine rings is 1. The maximum absolute atomic E-state index is 13.9. The first-order valence-corrected chi connectivity index (χ1v) is 10.1. The second kappa shape index (κ2) is 9.08. The zero-order valence-corrected chi connectivity index (χ0v) is 16.2. The summed E-state index contributed by atoms with van der Waals surface area (Å²) in [4.78, 5) is 31.7. The van der Waals surface area contributed by atoms with Crippen LogP contribution in [0.4, 0.5) is 4.39 Å². The molecule has 1 atom stereocenters. The van der Waals surface area contributed by atoms with Crippen LogP contribution in [0.3, 0.4) is 0 Å². The third kappa shape index (κ3) is 5.13. The number of carbonyl (C=O) groups is 2. The van der Waals surface area contributed by atoms with E-state index in [4.69, 9.17) is 0 Å². The van der Waals surface area contributed by atoms with Gasteiger partial charge in [-0.2, -0.15) is 0 Å². The fourth-order valence-corrected chi connectivity index (χ4v) is 4.11. The molecule has 1 saturated heterocycles. The number of nitrogens with one attached hydrogen (secondary N) is 1. The zero-order valence-electron chi connectivity index (χ0n) is 15.4. The quantitative estimate of drug-likeness (QED) is 0.741. The van der Waals surface area contributed by atoms with Gasteiger partial charge in [-0.05, 0) is 32.3 Å². The summed E-state index contributed by atoms with van der Waals surface area (Å²) in [6.45, 7) is 3.15. The molecule has 0 bridgehead atoms. The molecule has 0 spiro atoms. The van der Waals surface area contributed by atoms with Crippen LogP contribution in [0.2, 0.25) is 0 Å². The molecule has 2 amide bonds. The van der Waals surface area contributed by atoms with Crippen molar-refractivity contribution < 1.29 is 14.0 Å². The van der Waals surface area contributed by atoms with E-state index in [1.54, 1.807) is 34.4 Å². The van der Waals surface area contributed by atoms with Crippen molar-refractivity contribution in [3.63, 3.8) is 0 Å². The number of carbonyl (C=O) groups excluding carboxylic acids is 2. The van der Waals surface area contributed by atoms with Crippen LogP contribution in [0.15, 0.2) is 29.8 Å². The molecule has 0 radical (unpaired) electrons. The molecule has 7 heteroatoms. The van der Waals surface area contributed by atoms with Crippen molar-refractivity contribution in [3.05, 3.63) is 51.7 Å². The lowest BCUT2D eigenvalue weighted by Crippen LogP contribution is -2.45. The van der Waals surface area contributed by atoms with E-state index in [1.165, 1.54) is 10.9 Å². The molecule has 1 aliphatic rings. The lowest BCUT2D eigenvalue weighted by atomic mass is 9.96. The summed E-state index contributed by atoms with van der Waals surface area (Å²) >= 11 is 1.64. The van der Waals surface area contributed by atoms with Crippen molar-refractivity contribution in [2.45, 2.75) is 39.2 Å². The second-order valence-electron chi connectivity index (χ2n) is 6.86. The van der Waals surface area contributed by atoms with Crippen molar-refractivity contribution in [1.82, 2.24) is 15.2 Å². The summed E-state index contributed by atoms with van der Waals surface area (Å²) in [5.41, 5.74) is 3.37. The fraction of sp³-hybridized carbons (Fsp3) is 0.450. The van der Waals surface area contributed by atoms with Crippen LogP contribution in [-0.2, 0) is 22.6 Å². The Hall–Kier alpha value is -2.28. The molecule has 2 aromatic rings. The summed E-state index contributed by atoms with van der Waals surface area (Å²) in [5, 5.41) is 2.98. The van der Waals surface area contributed by atoms with E-state index in [9.17, 15) is 14.0 Å². The molecule has 1 fully saturated rings.